The fraction of sp³-hybridized carbons (Fsp3) is 0.286. The number of benzene rings is 2. The molecule has 1 amide bonds. The monoisotopic (exact) mass is 414 g/mol. The lowest BCUT2D eigenvalue weighted by molar-refractivity contribution is -0.141. The number of carbonyl (C=O) groups is 2. The van der Waals surface area contributed by atoms with Gasteiger partial charge in [0.05, 0.1) is 31.5 Å². The molecule has 3 aromatic rings. The molecule has 0 atom stereocenters. The van der Waals surface area contributed by atoms with Gasteiger partial charge in [0, 0.05) is 11.6 Å². The van der Waals surface area contributed by atoms with E-state index in [0.29, 0.717) is 21.9 Å². The molecule has 0 radical (unpaired) electrons. The van der Waals surface area contributed by atoms with Crippen LogP contribution in [0.2, 0.25) is 0 Å². The number of carbonyl (C=O) groups excluding carboxylic acids is 2. The third kappa shape index (κ3) is 4.32. The van der Waals surface area contributed by atoms with Gasteiger partial charge in [0.2, 0.25) is 0 Å². The van der Waals surface area contributed by atoms with Crippen molar-refractivity contribution in [2.24, 2.45) is 4.99 Å². The van der Waals surface area contributed by atoms with E-state index in [1.54, 1.807) is 22.8 Å². The largest absolute Gasteiger partial charge is 0.497 e. The molecule has 0 aliphatic rings. The molecule has 0 saturated carbocycles. The minimum Gasteiger partial charge on any atom is -0.497 e. The van der Waals surface area contributed by atoms with Crippen molar-refractivity contribution >= 4 is 33.4 Å². The summed E-state index contributed by atoms with van der Waals surface area (Å²) in [7, 11) is 4.36. The van der Waals surface area contributed by atoms with E-state index in [2.05, 4.69) is 4.99 Å². The standard InChI is InChI=1S/C21H22N2O5S/c1-12-6-13(2)19-17(7-12)29-21(23(19)11-18(24)28-5)22-20(25)14-8-15(26-3)10-16(9-14)27-4/h6-10H,11H2,1-5H3. The van der Waals surface area contributed by atoms with E-state index >= 15 is 0 Å². The Bertz CT molecular complexity index is 1140. The number of hydrogen-bond acceptors (Lipinski definition) is 6. The van der Waals surface area contributed by atoms with Crippen molar-refractivity contribution in [2.45, 2.75) is 20.4 Å². The number of fused-ring (bicyclic) bond motifs is 1. The zero-order valence-electron chi connectivity index (χ0n) is 16.9. The maximum Gasteiger partial charge on any atom is 0.325 e. The van der Waals surface area contributed by atoms with E-state index in [1.165, 1.54) is 32.7 Å². The van der Waals surface area contributed by atoms with E-state index in [4.69, 9.17) is 14.2 Å². The van der Waals surface area contributed by atoms with E-state index in [0.717, 1.165) is 21.3 Å². The van der Waals surface area contributed by atoms with Crippen LogP contribution in [0.15, 0.2) is 35.3 Å². The molecule has 8 heteroatoms. The molecular weight excluding hydrogens is 392 g/mol. The first-order valence-corrected chi connectivity index (χ1v) is 9.67. The number of hydrogen-bond donors (Lipinski definition) is 0. The predicted molar refractivity (Wildman–Crippen MR) is 111 cm³/mol. The van der Waals surface area contributed by atoms with E-state index in [9.17, 15) is 9.59 Å². The van der Waals surface area contributed by atoms with E-state index in [-0.39, 0.29) is 6.54 Å². The van der Waals surface area contributed by atoms with Crippen LogP contribution in [-0.2, 0) is 16.1 Å². The van der Waals surface area contributed by atoms with Gasteiger partial charge in [0.1, 0.15) is 18.0 Å². The molecule has 0 spiro atoms. The lowest BCUT2D eigenvalue weighted by Crippen LogP contribution is -2.22. The summed E-state index contributed by atoms with van der Waals surface area (Å²) in [6.07, 6.45) is 0. The second kappa shape index (κ2) is 8.48. The van der Waals surface area contributed by atoms with Gasteiger partial charge in [0.15, 0.2) is 4.80 Å². The second-order valence-corrected chi connectivity index (χ2v) is 7.50. The lowest BCUT2D eigenvalue weighted by atomic mass is 10.1. The van der Waals surface area contributed by atoms with Crippen LogP contribution in [0.1, 0.15) is 21.5 Å². The van der Waals surface area contributed by atoms with Crippen molar-refractivity contribution < 1.29 is 23.8 Å². The third-order valence-electron chi connectivity index (χ3n) is 4.42. The molecule has 29 heavy (non-hydrogen) atoms. The fourth-order valence-electron chi connectivity index (χ4n) is 3.10. The number of ether oxygens (including phenoxy) is 3. The van der Waals surface area contributed by atoms with Crippen LogP contribution in [0.4, 0.5) is 0 Å². The molecule has 0 N–H and O–H groups in total. The van der Waals surface area contributed by atoms with Gasteiger partial charge < -0.3 is 18.8 Å². The smallest absolute Gasteiger partial charge is 0.325 e. The SMILES string of the molecule is COC(=O)Cn1c(=NC(=O)c2cc(OC)cc(OC)c2)sc2cc(C)cc(C)c21. The zero-order valence-corrected chi connectivity index (χ0v) is 17.8. The molecule has 3 rings (SSSR count). The molecule has 152 valence electrons. The summed E-state index contributed by atoms with van der Waals surface area (Å²) in [5.74, 6) is 0.115. The number of rotatable bonds is 5. The van der Waals surface area contributed by atoms with Gasteiger partial charge in [0.25, 0.3) is 5.91 Å². The first kappa shape index (κ1) is 20.6. The van der Waals surface area contributed by atoms with Gasteiger partial charge in [-0.05, 0) is 43.2 Å². The maximum absolute atomic E-state index is 12.9. The average molecular weight is 414 g/mol. The summed E-state index contributed by atoms with van der Waals surface area (Å²) >= 11 is 1.35. The summed E-state index contributed by atoms with van der Waals surface area (Å²) in [6, 6.07) is 8.92. The number of amides is 1. The normalized spacial score (nSPS) is 11.6. The van der Waals surface area contributed by atoms with Crippen molar-refractivity contribution in [1.29, 1.82) is 0 Å². The van der Waals surface area contributed by atoms with E-state index in [1.807, 2.05) is 26.0 Å². The summed E-state index contributed by atoms with van der Waals surface area (Å²) in [5.41, 5.74) is 3.28. The van der Waals surface area contributed by atoms with Crippen LogP contribution in [0.5, 0.6) is 11.5 Å². The van der Waals surface area contributed by atoms with Crippen molar-refractivity contribution in [3.05, 3.63) is 51.8 Å². The van der Waals surface area contributed by atoms with E-state index < -0.39 is 11.9 Å². The molecule has 0 aliphatic heterocycles. The quantitative estimate of drug-likeness (QED) is 0.599. The Kier molecular flexibility index (Phi) is 6.03. The van der Waals surface area contributed by atoms with Gasteiger partial charge in [-0.2, -0.15) is 4.99 Å². The van der Waals surface area contributed by atoms with Crippen LogP contribution in [-0.4, -0.2) is 37.8 Å². The highest BCUT2D eigenvalue weighted by Gasteiger charge is 2.15. The number of esters is 1. The van der Waals surface area contributed by atoms with Crippen LogP contribution in [0.3, 0.4) is 0 Å². The van der Waals surface area contributed by atoms with Crippen LogP contribution in [0.25, 0.3) is 10.2 Å². The highest BCUT2D eigenvalue weighted by molar-refractivity contribution is 7.16. The summed E-state index contributed by atoms with van der Waals surface area (Å²) < 4.78 is 17.9. The third-order valence-corrected chi connectivity index (χ3v) is 5.45. The lowest BCUT2D eigenvalue weighted by Gasteiger charge is -2.07. The highest BCUT2D eigenvalue weighted by Crippen LogP contribution is 2.25. The summed E-state index contributed by atoms with van der Waals surface area (Å²) in [6.45, 7) is 3.93. The zero-order chi connectivity index (χ0) is 21.1. The molecule has 0 aliphatic carbocycles. The fourth-order valence-corrected chi connectivity index (χ4v) is 4.30. The Morgan fingerprint density at radius 2 is 1.66 bits per heavy atom. The number of thiazole rings is 1. The van der Waals surface area contributed by atoms with Crippen molar-refractivity contribution in [3.8, 4) is 11.5 Å². The maximum atomic E-state index is 12.9. The molecule has 0 fully saturated rings. The molecular formula is C21H22N2O5S. The van der Waals surface area contributed by atoms with Crippen molar-refractivity contribution in [2.75, 3.05) is 21.3 Å². The minimum absolute atomic E-state index is 0.0338. The summed E-state index contributed by atoms with van der Waals surface area (Å²) in [4.78, 5) is 29.6. The van der Waals surface area contributed by atoms with Gasteiger partial charge >= 0.3 is 5.97 Å². The predicted octanol–water partition coefficient (Wildman–Crippen LogP) is 3.25. The Morgan fingerprint density at radius 3 is 2.24 bits per heavy atom. The van der Waals surface area contributed by atoms with Crippen molar-refractivity contribution in [1.82, 2.24) is 4.57 Å². The molecule has 7 nitrogen and oxygen atoms in total. The van der Waals surface area contributed by atoms with Gasteiger partial charge in [-0.1, -0.05) is 17.4 Å². The van der Waals surface area contributed by atoms with Crippen molar-refractivity contribution in [3.63, 3.8) is 0 Å². The van der Waals surface area contributed by atoms with Gasteiger partial charge in [-0.15, -0.1) is 0 Å². The Labute approximate surface area is 172 Å². The molecule has 0 unspecified atom stereocenters. The number of nitrogens with zero attached hydrogens (tertiary/aromatic N) is 2. The Hall–Kier alpha value is -3.13. The average Bonchev–Trinajstić information content (AvgIpc) is 3.03. The second-order valence-electron chi connectivity index (χ2n) is 6.49. The number of methoxy groups -OCH3 is 3. The first-order chi connectivity index (χ1) is 13.9. The van der Waals surface area contributed by atoms with Crippen LogP contribution < -0.4 is 14.3 Å². The topological polar surface area (TPSA) is 79.1 Å². The highest BCUT2D eigenvalue weighted by atomic mass is 32.1. The molecule has 0 bridgehead atoms. The summed E-state index contributed by atoms with van der Waals surface area (Å²) in [5, 5.41) is 0. The van der Waals surface area contributed by atoms with Crippen LogP contribution in [0, 0.1) is 13.8 Å². The molecule has 1 heterocycles. The van der Waals surface area contributed by atoms with Gasteiger partial charge in [-0.3, -0.25) is 9.59 Å². The van der Waals surface area contributed by atoms with Gasteiger partial charge in [-0.25, -0.2) is 0 Å². The van der Waals surface area contributed by atoms with Crippen LogP contribution >= 0.6 is 11.3 Å². The number of aromatic nitrogens is 1. The molecule has 0 saturated heterocycles. The Balaban J connectivity index is 2.19. The minimum atomic E-state index is -0.457. The molecule has 2 aromatic carbocycles. The number of aryl methyl sites for hydroxylation is 2. The first-order valence-electron chi connectivity index (χ1n) is 8.85. The molecule has 1 aromatic heterocycles. The Morgan fingerprint density at radius 1 is 1.00 bits per heavy atom.